The second-order valence-electron chi connectivity index (χ2n) is 4.28. The van der Waals surface area contributed by atoms with Crippen molar-refractivity contribution in [2.75, 3.05) is 7.11 Å². The number of methoxy groups -OCH3 is 1. The van der Waals surface area contributed by atoms with Crippen LogP contribution in [0.25, 0.3) is 0 Å². The van der Waals surface area contributed by atoms with Crippen molar-refractivity contribution in [2.45, 2.75) is 50.7 Å². The zero-order valence-electron chi connectivity index (χ0n) is 9.78. The number of carboxylic acids is 1. The average Bonchev–Trinajstić information content (AvgIpc) is 2.19. The van der Waals surface area contributed by atoms with Crippen molar-refractivity contribution in [3.05, 3.63) is 0 Å². The van der Waals surface area contributed by atoms with Gasteiger partial charge in [-0.3, -0.25) is 4.79 Å². The summed E-state index contributed by atoms with van der Waals surface area (Å²) in [7, 11) is 1.60. The summed E-state index contributed by atoms with van der Waals surface area (Å²) in [5.74, 6) is -1.23. The molecule has 1 aliphatic carbocycles. The molecule has 92 valence electrons. The molecule has 2 N–H and O–H groups in total. The molecule has 1 rings (SSSR count). The van der Waals surface area contributed by atoms with E-state index in [2.05, 4.69) is 5.32 Å². The largest absolute Gasteiger partial charge is 0.480 e. The van der Waals surface area contributed by atoms with Crippen molar-refractivity contribution in [1.29, 1.82) is 0 Å². The fraction of sp³-hybridized carbons (Fsp3) is 0.818. The van der Waals surface area contributed by atoms with E-state index in [-0.39, 0.29) is 17.9 Å². The number of hydrogen-bond donors (Lipinski definition) is 2. The van der Waals surface area contributed by atoms with Crippen molar-refractivity contribution in [3.63, 3.8) is 0 Å². The summed E-state index contributed by atoms with van der Waals surface area (Å²) in [5.41, 5.74) is -0.346. The molecular formula is C11H19NO4. The molecule has 0 aromatic rings. The summed E-state index contributed by atoms with van der Waals surface area (Å²) in [6.07, 6.45) is 3.47. The Morgan fingerprint density at radius 1 is 1.50 bits per heavy atom. The molecule has 0 saturated heterocycles. The van der Waals surface area contributed by atoms with Gasteiger partial charge in [-0.1, -0.05) is 6.92 Å². The number of carboxylic acid groups (broad SMARTS) is 1. The van der Waals surface area contributed by atoms with Gasteiger partial charge in [-0.05, 0) is 25.7 Å². The highest BCUT2D eigenvalue weighted by atomic mass is 16.5. The summed E-state index contributed by atoms with van der Waals surface area (Å²) in [5, 5.41) is 11.3. The molecular weight excluding hydrogens is 210 g/mol. The molecule has 1 aliphatic rings. The molecule has 1 saturated carbocycles. The van der Waals surface area contributed by atoms with E-state index in [1.165, 1.54) is 0 Å². The van der Waals surface area contributed by atoms with E-state index in [4.69, 9.17) is 9.84 Å². The van der Waals surface area contributed by atoms with Gasteiger partial charge in [0.25, 0.3) is 0 Å². The zero-order valence-corrected chi connectivity index (χ0v) is 9.78. The predicted octanol–water partition coefficient (Wildman–Crippen LogP) is 0.925. The normalized spacial score (nSPS) is 19.6. The van der Waals surface area contributed by atoms with Gasteiger partial charge in [-0.2, -0.15) is 0 Å². The maximum Gasteiger partial charge on any atom is 0.326 e. The van der Waals surface area contributed by atoms with Crippen molar-refractivity contribution in [1.82, 2.24) is 5.32 Å². The van der Waals surface area contributed by atoms with Gasteiger partial charge in [0, 0.05) is 7.11 Å². The number of carbonyl (C=O) groups excluding carboxylic acids is 1. The monoisotopic (exact) mass is 229 g/mol. The second kappa shape index (κ2) is 5.30. The molecule has 5 nitrogen and oxygen atoms in total. The summed E-state index contributed by atoms with van der Waals surface area (Å²) in [6, 6.07) is -0.790. The Hall–Kier alpha value is -1.10. The lowest BCUT2D eigenvalue weighted by atomic mass is 9.77. The molecule has 0 unspecified atom stereocenters. The highest BCUT2D eigenvalue weighted by Gasteiger charge is 2.39. The van der Waals surface area contributed by atoms with Gasteiger partial charge in [-0.25, -0.2) is 4.79 Å². The summed E-state index contributed by atoms with van der Waals surface area (Å²) in [6.45, 7) is 1.73. The Kier molecular flexibility index (Phi) is 4.29. The SMILES string of the molecule is CC[C@H](NC(=O)CC1(OC)CCC1)C(=O)O. The number of carbonyl (C=O) groups is 2. The summed E-state index contributed by atoms with van der Waals surface area (Å²) >= 11 is 0. The first-order chi connectivity index (χ1) is 7.53. The van der Waals surface area contributed by atoms with Gasteiger partial charge >= 0.3 is 5.97 Å². The van der Waals surface area contributed by atoms with Crippen LogP contribution in [0.3, 0.4) is 0 Å². The number of ether oxygens (including phenoxy) is 1. The van der Waals surface area contributed by atoms with Gasteiger partial charge in [0.05, 0.1) is 12.0 Å². The molecule has 0 bridgehead atoms. The Morgan fingerprint density at radius 2 is 2.12 bits per heavy atom. The maximum atomic E-state index is 11.6. The van der Waals surface area contributed by atoms with Crippen LogP contribution in [0, 0.1) is 0 Å². The van der Waals surface area contributed by atoms with Crippen molar-refractivity contribution in [3.8, 4) is 0 Å². The fourth-order valence-corrected chi connectivity index (χ4v) is 1.90. The average molecular weight is 229 g/mol. The molecule has 0 radical (unpaired) electrons. The van der Waals surface area contributed by atoms with Crippen LogP contribution in [-0.2, 0) is 14.3 Å². The Labute approximate surface area is 95.2 Å². The Bertz CT molecular complexity index is 268. The minimum Gasteiger partial charge on any atom is -0.480 e. The zero-order chi connectivity index (χ0) is 12.2. The van der Waals surface area contributed by atoms with Crippen molar-refractivity contribution in [2.24, 2.45) is 0 Å². The van der Waals surface area contributed by atoms with E-state index >= 15 is 0 Å². The molecule has 0 aromatic heterocycles. The number of hydrogen-bond acceptors (Lipinski definition) is 3. The van der Waals surface area contributed by atoms with Crippen LogP contribution in [-0.4, -0.2) is 35.7 Å². The van der Waals surface area contributed by atoms with E-state index in [9.17, 15) is 9.59 Å². The van der Waals surface area contributed by atoms with Crippen molar-refractivity contribution < 1.29 is 19.4 Å². The van der Waals surface area contributed by atoms with Crippen LogP contribution in [0.5, 0.6) is 0 Å². The van der Waals surface area contributed by atoms with Gasteiger partial charge in [0.15, 0.2) is 0 Å². The van der Waals surface area contributed by atoms with Crippen LogP contribution >= 0.6 is 0 Å². The van der Waals surface area contributed by atoms with Crippen LogP contribution in [0.4, 0.5) is 0 Å². The third-order valence-corrected chi connectivity index (χ3v) is 3.22. The lowest BCUT2D eigenvalue weighted by molar-refractivity contribution is -0.144. The number of nitrogens with one attached hydrogen (secondary N) is 1. The molecule has 16 heavy (non-hydrogen) atoms. The van der Waals surface area contributed by atoms with Gasteiger partial charge in [-0.15, -0.1) is 0 Å². The lowest BCUT2D eigenvalue weighted by Crippen LogP contribution is -2.47. The van der Waals surface area contributed by atoms with E-state index < -0.39 is 12.0 Å². The second-order valence-corrected chi connectivity index (χ2v) is 4.28. The lowest BCUT2D eigenvalue weighted by Gasteiger charge is -2.40. The Balaban J connectivity index is 2.43. The third-order valence-electron chi connectivity index (χ3n) is 3.22. The molecule has 0 heterocycles. The van der Waals surface area contributed by atoms with E-state index in [1.54, 1.807) is 14.0 Å². The van der Waals surface area contributed by atoms with Crippen LogP contribution < -0.4 is 5.32 Å². The molecule has 1 amide bonds. The smallest absolute Gasteiger partial charge is 0.326 e. The molecule has 1 atom stereocenters. The topological polar surface area (TPSA) is 75.6 Å². The third kappa shape index (κ3) is 2.95. The number of rotatable bonds is 6. The minimum atomic E-state index is -0.990. The maximum absolute atomic E-state index is 11.6. The van der Waals surface area contributed by atoms with Crippen LogP contribution in [0.2, 0.25) is 0 Å². The first-order valence-corrected chi connectivity index (χ1v) is 5.60. The molecule has 0 spiro atoms. The quantitative estimate of drug-likeness (QED) is 0.710. The van der Waals surface area contributed by atoms with E-state index in [1.807, 2.05) is 0 Å². The number of amides is 1. The highest BCUT2D eigenvalue weighted by Crippen LogP contribution is 2.37. The fourth-order valence-electron chi connectivity index (χ4n) is 1.90. The highest BCUT2D eigenvalue weighted by molar-refractivity contribution is 5.84. The first kappa shape index (κ1) is 13.0. The molecule has 0 aromatic carbocycles. The van der Waals surface area contributed by atoms with Gasteiger partial charge in [0.1, 0.15) is 6.04 Å². The molecule has 0 aliphatic heterocycles. The summed E-state index contributed by atoms with van der Waals surface area (Å²) in [4.78, 5) is 22.4. The van der Waals surface area contributed by atoms with Crippen molar-refractivity contribution >= 4 is 11.9 Å². The van der Waals surface area contributed by atoms with Gasteiger partial charge in [0.2, 0.25) is 5.91 Å². The first-order valence-electron chi connectivity index (χ1n) is 5.60. The summed E-state index contributed by atoms with van der Waals surface area (Å²) < 4.78 is 5.31. The standard InChI is InChI=1S/C11H19NO4/c1-3-8(10(14)15)12-9(13)7-11(16-2)5-4-6-11/h8H,3-7H2,1-2H3,(H,12,13)(H,14,15)/t8-/m0/s1. The van der Waals surface area contributed by atoms with E-state index in [0.29, 0.717) is 6.42 Å². The van der Waals surface area contributed by atoms with Crippen LogP contribution in [0.1, 0.15) is 39.0 Å². The van der Waals surface area contributed by atoms with E-state index in [0.717, 1.165) is 19.3 Å². The van der Waals surface area contributed by atoms with Crippen LogP contribution in [0.15, 0.2) is 0 Å². The number of aliphatic carboxylic acids is 1. The Morgan fingerprint density at radius 3 is 2.44 bits per heavy atom. The molecule has 5 heteroatoms. The minimum absolute atomic E-state index is 0.240. The predicted molar refractivity (Wildman–Crippen MR) is 58.1 cm³/mol. The van der Waals surface area contributed by atoms with Gasteiger partial charge < -0.3 is 15.2 Å². The molecule has 1 fully saturated rings.